The first kappa shape index (κ1) is 23.8. The second kappa shape index (κ2) is 9.97. The number of aromatic hydroxyl groups is 3. The SMILES string of the molecule is Cc1cc(-c2ccc(O)c(C3CCCCC3)c2)c(O)c(C)c1-c1ccc(O)c(C2CCCCC2)c1. The lowest BCUT2D eigenvalue weighted by Crippen LogP contribution is -2.05. The molecule has 35 heavy (non-hydrogen) atoms. The third kappa shape index (κ3) is 4.66. The van der Waals surface area contributed by atoms with Gasteiger partial charge in [-0.25, -0.2) is 0 Å². The Morgan fingerprint density at radius 2 is 1.09 bits per heavy atom. The average molecular weight is 471 g/mol. The molecular formula is C32H38O3. The minimum absolute atomic E-state index is 0.290. The maximum absolute atomic E-state index is 11.3. The van der Waals surface area contributed by atoms with Gasteiger partial charge in [-0.15, -0.1) is 0 Å². The number of hydrogen-bond acceptors (Lipinski definition) is 3. The zero-order chi connectivity index (χ0) is 24.5. The molecule has 0 unspecified atom stereocenters. The van der Waals surface area contributed by atoms with Crippen LogP contribution in [0.25, 0.3) is 22.3 Å². The Kier molecular flexibility index (Phi) is 6.77. The van der Waals surface area contributed by atoms with Gasteiger partial charge in [-0.05, 0) is 121 Å². The van der Waals surface area contributed by atoms with E-state index in [1.165, 1.54) is 38.5 Å². The van der Waals surface area contributed by atoms with Crippen molar-refractivity contribution in [1.29, 1.82) is 0 Å². The summed E-state index contributed by atoms with van der Waals surface area (Å²) in [6.07, 6.45) is 11.9. The molecule has 3 aromatic carbocycles. The molecule has 3 aromatic rings. The second-order valence-corrected chi connectivity index (χ2v) is 10.8. The standard InChI is InChI=1S/C32H38O3/c1-20-17-28(24-13-15-29(33)26(18-24)22-9-5-3-6-10-22)32(35)21(2)31(20)25-14-16-30(34)27(19-25)23-11-7-4-8-12-23/h13-19,22-23,33-35H,3-12H2,1-2H3. The summed E-state index contributed by atoms with van der Waals surface area (Å²) in [4.78, 5) is 0. The van der Waals surface area contributed by atoms with Crippen LogP contribution in [-0.4, -0.2) is 15.3 Å². The van der Waals surface area contributed by atoms with Gasteiger partial charge in [-0.1, -0.05) is 50.7 Å². The summed E-state index contributed by atoms with van der Waals surface area (Å²) >= 11 is 0. The molecule has 0 aliphatic heterocycles. The van der Waals surface area contributed by atoms with Gasteiger partial charge >= 0.3 is 0 Å². The predicted molar refractivity (Wildman–Crippen MR) is 143 cm³/mol. The molecule has 0 saturated heterocycles. The summed E-state index contributed by atoms with van der Waals surface area (Å²) < 4.78 is 0. The van der Waals surface area contributed by atoms with Gasteiger partial charge in [-0.2, -0.15) is 0 Å². The first-order valence-corrected chi connectivity index (χ1v) is 13.4. The summed E-state index contributed by atoms with van der Waals surface area (Å²) in [5.41, 5.74) is 7.86. The maximum Gasteiger partial charge on any atom is 0.126 e. The largest absolute Gasteiger partial charge is 0.508 e. The second-order valence-electron chi connectivity index (χ2n) is 10.8. The molecule has 0 atom stereocenters. The molecule has 3 N–H and O–H groups in total. The van der Waals surface area contributed by atoms with Crippen LogP contribution in [0.2, 0.25) is 0 Å². The van der Waals surface area contributed by atoms with Gasteiger partial charge in [0.25, 0.3) is 0 Å². The fraction of sp³-hybridized carbons (Fsp3) is 0.438. The third-order valence-electron chi connectivity index (χ3n) is 8.49. The molecule has 3 nitrogen and oxygen atoms in total. The molecule has 0 amide bonds. The quantitative estimate of drug-likeness (QED) is 0.357. The van der Waals surface area contributed by atoms with E-state index in [0.29, 0.717) is 23.3 Å². The van der Waals surface area contributed by atoms with Gasteiger partial charge in [0, 0.05) is 5.56 Å². The summed E-state index contributed by atoms with van der Waals surface area (Å²) in [6.45, 7) is 4.08. The fourth-order valence-electron chi connectivity index (χ4n) is 6.55. The summed E-state index contributed by atoms with van der Waals surface area (Å²) in [6, 6.07) is 13.8. The number of phenolic OH excluding ortho intramolecular Hbond substituents is 3. The van der Waals surface area contributed by atoms with Crippen molar-refractivity contribution in [3.8, 4) is 39.5 Å². The number of hydrogen-bond donors (Lipinski definition) is 3. The highest BCUT2D eigenvalue weighted by Gasteiger charge is 2.23. The molecule has 0 spiro atoms. The molecule has 0 bridgehead atoms. The van der Waals surface area contributed by atoms with E-state index in [1.807, 2.05) is 25.1 Å². The first-order valence-electron chi connectivity index (χ1n) is 13.4. The van der Waals surface area contributed by atoms with Crippen LogP contribution < -0.4 is 0 Å². The molecule has 3 heteroatoms. The molecule has 2 aliphatic rings. The van der Waals surface area contributed by atoms with Gasteiger partial charge in [0.1, 0.15) is 17.2 Å². The average Bonchev–Trinajstić information content (AvgIpc) is 2.88. The summed E-state index contributed by atoms with van der Waals surface area (Å²) in [5, 5.41) is 32.5. The van der Waals surface area contributed by atoms with Gasteiger partial charge in [0.05, 0.1) is 0 Å². The Morgan fingerprint density at radius 1 is 0.600 bits per heavy atom. The summed E-state index contributed by atoms with van der Waals surface area (Å²) in [5.74, 6) is 1.84. The monoisotopic (exact) mass is 470 g/mol. The van der Waals surface area contributed by atoms with Crippen LogP contribution in [0.15, 0.2) is 42.5 Å². The fourth-order valence-corrected chi connectivity index (χ4v) is 6.55. The zero-order valence-corrected chi connectivity index (χ0v) is 21.1. The van der Waals surface area contributed by atoms with Crippen LogP contribution in [-0.2, 0) is 0 Å². The lowest BCUT2D eigenvalue weighted by molar-refractivity contribution is 0.414. The van der Waals surface area contributed by atoms with Gasteiger partial charge < -0.3 is 15.3 Å². The van der Waals surface area contributed by atoms with Crippen LogP contribution in [0.1, 0.15) is 98.3 Å². The van der Waals surface area contributed by atoms with Crippen molar-refractivity contribution in [2.45, 2.75) is 89.9 Å². The van der Waals surface area contributed by atoms with Crippen molar-refractivity contribution >= 4 is 0 Å². The Morgan fingerprint density at radius 3 is 1.63 bits per heavy atom. The van der Waals surface area contributed by atoms with Crippen molar-refractivity contribution in [1.82, 2.24) is 0 Å². The molecule has 0 radical (unpaired) electrons. The lowest BCUT2D eigenvalue weighted by atomic mass is 9.81. The van der Waals surface area contributed by atoms with Gasteiger partial charge in [0.15, 0.2) is 0 Å². The lowest BCUT2D eigenvalue weighted by Gasteiger charge is -2.24. The topological polar surface area (TPSA) is 60.7 Å². The van der Waals surface area contributed by atoms with Crippen LogP contribution >= 0.6 is 0 Å². The Bertz CT molecular complexity index is 1210. The molecule has 5 rings (SSSR count). The van der Waals surface area contributed by atoms with Crippen LogP contribution in [0.4, 0.5) is 0 Å². The van der Waals surface area contributed by atoms with E-state index in [4.69, 9.17) is 0 Å². The van der Waals surface area contributed by atoms with E-state index in [0.717, 1.165) is 70.2 Å². The van der Waals surface area contributed by atoms with Crippen molar-refractivity contribution in [2.24, 2.45) is 0 Å². The molecule has 2 aliphatic carbocycles. The highest BCUT2D eigenvalue weighted by atomic mass is 16.3. The molecule has 2 saturated carbocycles. The molecular weight excluding hydrogens is 432 g/mol. The van der Waals surface area contributed by atoms with Gasteiger partial charge in [-0.3, -0.25) is 0 Å². The Hall–Kier alpha value is -2.94. The van der Waals surface area contributed by atoms with E-state index in [2.05, 4.69) is 25.1 Å². The van der Waals surface area contributed by atoms with Crippen LogP contribution in [0, 0.1) is 13.8 Å². The highest BCUT2D eigenvalue weighted by molar-refractivity contribution is 5.83. The van der Waals surface area contributed by atoms with Crippen LogP contribution in [0.5, 0.6) is 17.2 Å². The maximum atomic E-state index is 11.3. The van der Waals surface area contributed by atoms with Gasteiger partial charge in [0.2, 0.25) is 0 Å². The number of phenols is 3. The molecule has 184 valence electrons. The molecule has 0 heterocycles. The van der Waals surface area contributed by atoms with E-state index < -0.39 is 0 Å². The van der Waals surface area contributed by atoms with E-state index in [-0.39, 0.29) is 5.75 Å². The third-order valence-corrected chi connectivity index (χ3v) is 8.49. The first-order chi connectivity index (χ1) is 16.9. The van der Waals surface area contributed by atoms with E-state index in [9.17, 15) is 15.3 Å². The normalized spacial score (nSPS) is 17.5. The Labute approximate surface area is 209 Å². The molecule has 2 fully saturated rings. The minimum atomic E-state index is 0.290. The molecule has 0 aromatic heterocycles. The highest BCUT2D eigenvalue weighted by Crippen LogP contribution is 2.45. The number of benzene rings is 3. The smallest absolute Gasteiger partial charge is 0.126 e. The minimum Gasteiger partial charge on any atom is -0.508 e. The zero-order valence-electron chi connectivity index (χ0n) is 21.1. The number of rotatable bonds is 4. The van der Waals surface area contributed by atoms with E-state index >= 15 is 0 Å². The summed E-state index contributed by atoms with van der Waals surface area (Å²) in [7, 11) is 0. The van der Waals surface area contributed by atoms with Crippen LogP contribution in [0.3, 0.4) is 0 Å². The van der Waals surface area contributed by atoms with E-state index in [1.54, 1.807) is 6.07 Å². The predicted octanol–water partition coefficient (Wildman–Crippen LogP) is 8.85. The van der Waals surface area contributed by atoms with Crippen molar-refractivity contribution in [2.75, 3.05) is 0 Å². The van der Waals surface area contributed by atoms with Crippen molar-refractivity contribution < 1.29 is 15.3 Å². The van der Waals surface area contributed by atoms with Crippen molar-refractivity contribution in [3.63, 3.8) is 0 Å². The van der Waals surface area contributed by atoms with Crippen molar-refractivity contribution in [3.05, 3.63) is 64.7 Å². The number of aryl methyl sites for hydroxylation is 1. The Balaban J connectivity index is 1.54.